The molecule has 5 heterocycles. The van der Waals surface area contributed by atoms with Crippen LogP contribution in [0.25, 0.3) is 82.1 Å². The lowest BCUT2D eigenvalue weighted by Crippen LogP contribution is -2.24. The van der Waals surface area contributed by atoms with Gasteiger partial charge in [-0.2, -0.15) is 0 Å². The summed E-state index contributed by atoms with van der Waals surface area (Å²) in [7, 11) is 0. The lowest BCUT2D eigenvalue weighted by Gasteiger charge is -2.26. The zero-order valence-corrected chi connectivity index (χ0v) is 34.9. The molecule has 0 bridgehead atoms. The molecule has 5 nitrogen and oxygen atoms in total. The summed E-state index contributed by atoms with van der Waals surface area (Å²) >= 11 is 3.66. The maximum absolute atomic E-state index is 5.44. The number of hydrogen-bond donors (Lipinski definition) is 0. The molecule has 0 spiro atoms. The van der Waals surface area contributed by atoms with Gasteiger partial charge in [0.25, 0.3) is 0 Å². The van der Waals surface area contributed by atoms with E-state index in [-0.39, 0.29) is 11.4 Å². The summed E-state index contributed by atoms with van der Waals surface area (Å²) < 4.78 is 3.45. The molecule has 0 N–H and O–H groups in total. The molecule has 8 aromatic carbocycles. The Labute approximate surface area is 366 Å². The maximum Gasteiger partial charge on any atom is 0.235 e. The molecule has 0 radical (unpaired) electrons. The quantitative estimate of drug-likeness (QED) is 0.167. The van der Waals surface area contributed by atoms with E-state index in [1.807, 2.05) is 23.9 Å². The number of thiophene rings is 1. The van der Waals surface area contributed by atoms with Crippen molar-refractivity contribution in [1.82, 2.24) is 14.5 Å². The molecule has 2 aliphatic heterocycles. The van der Waals surface area contributed by atoms with Crippen LogP contribution in [0, 0.1) is 0 Å². The summed E-state index contributed by atoms with van der Waals surface area (Å²) in [5, 5.41) is 10.8. The van der Waals surface area contributed by atoms with Crippen LogP contribution >= 0.6 is 23.1 Å². The number of benzene rings is 8. The van der Waals surface area contributed by atoms with Gasteiger partial charge >= 0.3 is 0 Å². The largest absolute Gasteiger partial charge is 0.326 e. The van der Waals surface area contributed by atoms with Gasteiger partial charge in [0.05, 0.1) is 16.9 Å². The van der Waals surface area contributed by atoms with Gasteiger partial charge in [-0.05, 0) is 81.2 Å². The first-order chi connectivity index (χ1) is 30.7. The van der Waals surface area contributed by atoms with E-state index in [1.54, 1.807) is 11.3 Å². The first kappa shape index (κ1) is 35.4. The van der Waals surface area contributed by atoms with Crippen molar-refractivity contribution in [3.05, 3.63) is 211 Å². The number of aliphatic imine (C=N–C) groups is 1. The van der Waals surface area contributed by atoms with Crippen molar-refractivity contribution in [3.8, 4) is 39.6 Å². The number of para-hydroxylation sites is 1. The fraction of sp³-hybridized carbons (Fsp3) is 0.0364. The van der Waals surface area contributed by atoms with Crippen LogP contribution in [0.1, 0.15) is 17.2 Å². The molecule has 292 valence electrons. The second-order valence-corrected chi connectivity index (χ2v) is 18.0. The standard InChI is InChI=1S/C55H35N5S2/c1-5-13-34(14-6-1)46-33-47(35-15-7-2-8-16-35)57-55(56-46)59-29-27-44-51(59)42-25-22-38(32-45(42)43-28-30-61-52(43)44)37-21-24-41-39(31-37)23-26-48-49(41)50-54(60(48)40-19-11-4-12-20-40)62-53(58-50)36-17-9-3-10-18-36/h1-33,50,54H. The maximum atomic E-state index is 5.44. The highest BCUT2D eigenvalue weighted by Gasteiger charge is 2.45. The van der Waals surface area contributed by atoms with Crippen LogP contribution in [-0.2, 0) is 0 Å². The van der Waals surface area contributed by atoms with Crippen LogP contribution in [0.3, 0.4) is 0 Å². The Morgan fingerprint density at radius 3 is 1.84 bits per heavy atom. The van der Waals surface area contributed by atoms with E-state index >= 15 is 0 Å². The zero-order valence-electron chi connectivity index (χ0n) is 33.3. The molecule has 0 fully saturated rings. The average molecular weight is 830 g/mol. The molecule has 2 atom stereocenters. The van der Waals surface area contributed by atoms with Crippen LogP contribution in [-0.4, -0.2) is 25.0 Å². The molecule has 0 aliphatic carbocycles. The van der Waals surface area contributed by atoms with Crippen molar-refractivity contribution in [2.24, 2.45) is 4.99 Å². The number of anilines is 2. The van der Waals surface area contributed by atoms with Crippen LogP contribution in [0.4, 0.5) is 11.4 Å². The lowest BCUT2D eigenvalue weighted by molar-refractivity contribution is 0.752. The second kappa shape index (κ2) is 14.1. The molecule has 11 aromatic rings. The van der Waals surface area contributed by atoms with Gasteiger partial charge in [0.2, 0.25) is 5.95 Å². The molecule has 0 amide bonds. The molecular formula is C55H35N5S2. The minimum atomic E-state index is 0.0206. The molecule has 62 heavy (non-hydrogen) atoms. The van der Waals surface area contributed by atoms with E-state index in [1.165, 1.54) is 70.6 Å². The number of rotatable bonds is 6. The fourth-order valence-corrected chi connectivity index (χ4v) is 11.9. The van der Waals surface area contributed by atoms with E-state index in [9.17, 15) is 0 Å². The number of aromatic nitrogens is 3. The minimum Gasteiger partial charge on any atom is -0.326 e. The highest BCUT2D eigenvalue weighted by Crippen LogP contribution is 2.56. The number of hydrogen-bond acceptors (Lipinski definition) is 6. The summed E-state index contributed by atoms with van der Waals surface area (Å²) in [5.41, 5.74) is 12.3. The number of fused-ring (bicyclic) bond motifs is 11. The van der Waals surface area contributed by atoms with Crippen LogP contribution in [0.5, 0.6) is 0 Å². The first-order valence-corrected chi connectivity index (χ1v) is 22.6. The van der Waals surface area contributed by atoms with Crippen molar-refractivity contribution in [3.63, 3.8) is 0 Å². The fourth-order valence-electron chi connectivity index (χ4n) is 9.57. The average Bonchev–Trinajstić information content (AvgIpc) is 4.16. The highest BCUT2D eigenvalue weighted by molar-refractivity contribution is 8.15. The van der Waals surface area contributed by atoms with E-state index in [4.69, 9.17) is 15.0 Å². The van der Waals surface area contributed by atoms with E-state index in [2.05, 4.69) is 197 Å². The van der Waals surface area contributed by atoms with Crippen molar-refractivity contribution in [2.45, 2.75) is 11.4 Å². The normalized spacial score (nSPS) is 15.7. The third kappa shape index (κ3) is 5.59. The molecule has 7 heteroatoms. The van der Waals surface area contributed by atoms with Crippen molar-refractivity contribution < 1.29 is 0 Å². The molecule has 0 saturated carbocycles. The summed E-state index contributed by atoms with van der Waals surface area (Å²) in [4.78, 5) is 18.4. The van der Waals surface area contributed by atoms with Crippen LogP contribution in [0.2, 0.25) is 0 Å². The van der Waals surface area contributed by atoms with Gasteiger partial charge in [-0.3, -0.25) is 9.56 Å². The van der Waals surface area contributed by atoms with E-state index in [0.29, 0.717) is 5.95 Å². The Hall–Kier alpha value is -7.32. The van der Waals surface area contributed by atoms with E-state index < -0.39 is 0 Å². The van der Waals surface area contributed by atoms with Crippen LogP contribution in [0.15, 0.2) is 205 Å². The van der Waals surface area contributed by atoms with E-state index in [0.717, 1.165) is 33.1 Å². The lowest BCUT2D eigenvalue weighted by atomic mass is 9.94. The summed E-state index contributed by atoms with van der Waals surface area (Å²) in [6, 6.07) is 67.3. The third-order valence-corrected chi connectivity index (χ3v) is 14.6. The van der Waals surface area contributed by atoms with Gasteiger partial charge in [0.15, 0.2) is 0 Å². The summed E-state index contributed by atoms with van der Waals surface area (Å²) in [5.74, 6) is 0.650. The van der Waals surface area contributed by atoms with Crippen LogP contribution < -0.4 is 4.90 Å². The Balaban J connectivity index is 0.950. The molecule has 2 aliphatic rings. The summed E-state index contributed by atoms with van der Waals surface area (Å²) in [6.07, 6.45) is 2.14. The van der Waals surface area contributed by atoms with Gasteiger partial charge in [0.1, 0.15) is 16.5 Å². The first-order valence-electron chi connectivity index (χ1n) is 20.9. The third-order valence-electron chi connectivity index (χ3n) is 12.4. The Kier molecular flexibility index (Phi) is 8.08. The topological polar surface area (TPSA) is 46.3 Å². The Morgan fingerprint density at radius 2 is 1.13 bits per heavy atom. The molecule has 2 unspecified atom stereocenters. The number of thioether (sulfide) groups is 1. The van der Waals surface area contributed by atoms with Crippen molar-refractivity contribution in [1.29, 1.82) is 0 Å². The predicted octanol–water partition coefficient (Wildman–Crippen LogP) is 14.7. The van der Waals surface area contributed by atoms with Gasteiger partial charge in [-0.25, -0.2) is 9.97 Å². The minimum absolute atomic E-state index is 0.0206. The highest BCUT2D eigenvalue weighted by atomic mass is 32.2. The smallest absolute Gasteiger partial charge is 0.235 e. The zero-order chi connectivity index (χ0) is 40.7. The SMILES string of the molecule is c1ccc(C2=NC3c4c(ccc5cc(-c6ccc7c(c6)c6ccsc6c6ccn(-c8nc(-c9ccccc9)cc(-c9ccccc9)n8)c76)ccc45)N(c4ccccc4)C3S2)cc1. The van der Waals surface area contributed by atoms with Gasteiger partial charge < -0.3 is 4.90 Å². The molecular weight excluding hydrogens is 795 g/mol. The van der Waals surface area contributed by atoms with Crippen molar-refractivity contribution in [2.75, 3.05) is 4.90 Å². The second-order valence-electron chi connectivity index (χ2n) is 15.9. The van der Waals surface area contributed by atoms with Gasteiger partial charge in [0, 0.05) is 60.7 Å². The van der Waals surface area contributed by atoms with Gasteiger partial charge in [-0.15, -0.1) is 11.3 Å². The predicted molar refractivity (Wildman–Crippen MR) is 261 cm³/mol. The molecule has 13 rings (SSSR count). The summed E-state index contributed by atoms with van der Waals surface area (Å²) in [6.45, 7) is 0. The van der Waals surface area contributed by atoms with Crippen molar-refractivity contribution >= 4 is 82.1 Å². The Morgan fingerprint density at radius 1 is 0.484 bits per heavy atom. The molecule has 0 saturated heterocycles. The monoisotopic (exact) mass is 829 g/mol. The Bertz CT molecular complexity index is 3510. The number of nitrogens with zero attached hydrogens (tertiary/aromatic N) is 5. The molecule has 3 aromatic heterocycles. The van der Waals surface area contributed by atoms with Gasteiger partial charge in [-0.1, -0.05) is 151 Å².